The number of hydrogen-bond acceptors (Lipinski definition) is 4. The minimum absolute atomic E-state index is 0.485. The first-order valence-corrected chi connectivity index (χ1v) is 7.10. The predicted molar refractivity (Wildman–Crippen MR) is 70.2 cm³/mol. The van der Waals surface area contributed by atoms with Crippen molar-refractivity contribution in [1.29, 1.82) is 0 Å². The van der Waals surface area contributed by atoms with Crippen molar-refractivity contribution in [2.24, 2.45) is 0 Å². The molecule has 0 bridgehead atoms. The number of aryl methyl sites for hydroxylation is 1. The first-order valence-electron chi connectivity index (χ1n) is 7.10. The topological polar surface area (TPSA) is 52.0 Å². The first-order chi connectivity index (χ1) is 8.88. The average molecular weight is 252 g/mol. The van der Waals surface area contributed by atoms with Gasteiger partial charge in [0.25, 0.3) is 0 Å². The Morgan fingerprint density at radius 2 is 2.50 bits per heavy atom. The summed E-state index contributed by atoms with van der Waals surface area (Å²) in [6, 6.07) is 0. The lowest BCUT2D eigenvalue weighted by Crippen LogP contribution is -2.13. The molecule has 2 rings (SSSR count). The van der Waals surface area contributed by atoms with Crippen LogP contribution in [0.25, 0.3) is 0 Å². The maximum absolute atomic E-state index is 5.61. The van der Waals surface area contributed by atoms with Crippen molar-refractivity contribution >= 4 is 0 Å². The van der Waals surface area contributed by atoms with Crippen molar-refractivity contribution in [2.45, 2.75) is 58.2 Å². The highest BCUT2D eigenvalue weighted by molar-refractivity contribution is 4.91. The van der Waals surface area contributed by atoms with E-state index in [9.17, 15) is 0 Å². The van der Waals surface area contributed by atoms with Crippen LogP contribution in [0.2, 0.25) is 0 Å². The number of aromatic nitrogens is 3. The molecule has 1 atom stereocenters. The fraction of sp³-hybridized carbons (Fsp3) is 0.846. The van der Waals surface area contributed by atoms with Crippen molar-refractivity contribution in [1.82, 2.24) is 20.3 Å². The highest BCUT2D eigenvalue weighted by Crippen LogP contribution is 2.16. The molecule has 0 aliphatic carbocycles. The zero-order valence-electron chi connectivity index (χ0n) is 11.3. The number of nitrogens with zero attached hydrogens (tertiary/aromatic N) is 3. The Morgan fingerprint density at radius 1 is 1.56 bits per heavy atom. The maximum atomic E-state index is 5.61. The van der Waals surface area contributed by atoms with Crippen LogP contribution < -0.4 is 5.32 Å². The van der Waals surface area contributed by atoms with Gasteiger partial charge in [0.1, 0.15) is 0 Å². The van der Waals surface area contributed by atoms with Gasteiger partial charge in [-0.1, -0.05) is 12.1 Å². The van der Waals surface area contributed by atoms with Gasteiger partial charge in [0.15, 0.2) is 0 Å². The van der Waals surface area contributed by atoms with Gasteiger partial charge in [-0.2, -0.15) is 0 Å². The summed E-state index contributed by atoms with van der Waals surface area (Å²) >= 11 is 0. The Balaban J connectivity index is 1.63. The Labute approximate surface area is 109 Å². The van der Waals surface area contributed by atoms with Gasteiger partial charge in [-0.25, -0.2) is 0 Å². The molecule has 102 valence electrons. The Hall–Kier alpha value is -0.940. The molecule has 5 nitrogen and oxygen atoms in total. The van der Waals surface area contributed by atoms with E-state index in [4.69, 9.17) is 4.74 Å². The van der Waals surface area contributed by atoms with Crippen LogP contribution in [0.1, 0.15) is 44.7 Å². The van der Waals surface area contributed by atoms with Gasteiger partial charge in [-0.15, -0.1) is 5.10 Å². The molecular formula is C13H24N4O. The van der Waals surface area contributed by atoms with Gasteiger partial charge in [0, 0.05) is 25.9 Å². The van der Waals surface area contributed by atoms with E-state index < -0.39 is 0 Å². The van der Waals surface area contributed by atoms with E-state index >= 15 is 0 Å². The second-order valence-corrected chi connectivity index (χ2v) is 4.93. The summed E-state index contributed by atoms with van der Waals surface area (Å²) in [6.45, 7) is 5.91. The fourth-order valence-corrected chi connectivity index (χ4v) is 2.28. The molecule has 1 aliphatic heterocycles. The van der Waals surface area contributed by atoms with E-state index in [1.54, 1.807) is 0 Å². The lowest BCUT2D eigenvalue weighted by Gasteiger charge is -2.08. The molecule has 0 saturated carbocycles. The molecule has 1 aromatic rings. The number of nitrogens with one attached hydrogen (secondary N) is 1. The van der Waals surface area contributed by atoms with Gasteiger partial charge in [-0.05, 0) is 38.6 Å². The molecule has 1 fully saturated rings. The van der Waals surface area contributed by atoms with Crippen LogP contribution in [0.4, 0.5) is 0 Å². The lowest BCUT2D eigenvalue weighted by molar-refractivity contribution is 0.101. The molecule has 1 aromatic heterocycles. The summed E-state index contributed by atoms with van der Waals surface area (Å²) < 4.78 is 7.55. The van der Waals surface area contributed by atoms with Crippen molar-refractivity contribution < 1.29 is 4.74 Å². The largest absolute Gasteiger partial charge is 0.378 e. The monoisotopic (exact) mass is 252 g/mol. The second kappa shape index (κ2) is 7.48. The van der Waals surface area contributed by atoms with Crippen LogP contribution in [0.3, 0.4) is 0 Å². The van der Waals surface area contributed by atoms with E-state index in [-0.39, 0.29) is 0 Å². The minimum atomic E-state index is 0.485. The third-order valence-corrected chi connectivity index (χ3v) is 3.26. The summed E-state index contributed by atoms with van der Waals surface area (Å²) in [5.74, 6) is 0. The van der Waals surface area contributed by atoms with Crippen LogP contribution in [-0.4, -0.2) is 34.2 Å². The SMILES string of the molecule is CCCNCc1cn(CCCC2CCCO2)nn1. The van der Waals surface area contributed by atoms with Gasteiger partial charge >= 0.3 is 0 Å². The summed E-state index contributed by atoms with van der Waals surface area (Å²) in [6.07, 6.45) is 8.39. The number of rotatable bonds is 8. The molecule has 5 heteroatoms. The van der Waals surface area contributed by atoms with Crippen molar-refractivity contribution in [3.63, 3.8) is 0 Å². The molecule has 1 aliphatic rings. The normalized spacial score (nSPS) is 19.5. The number of ether oxygens (including phenoxy) is 1. The van der Waals surface area contributed by atoms with Crippen LogP contribution in [-0.2, 0) is 17.8 Å². The molecule has 2 heterocycles. The van der Waals surface area contributed by atoms with Crippen molar-refractivity contribution in [3.8, 4) is 0 Å². The molecule has 0 amide bonds. The summed E-state index contributed by atoms with van der Waals surface area (Å²) in [5, 5.41) is 11.6. The lowest BCUT2D eigenvalue weighted by atomic mass is 10.1. The van der Waals surface area contributed by atoms with E-state index in [1.165, 1.54) is 12.8 Å². The van der Waals surface area contributed by atoms with Crippen LogP contribution in [0.15, 0.2) is 6.20 Å². The highest BCUT2D eigenvalue weighted by Gasteiger charge is 2.14. The van der Waals surface area contributed by atoms with Crippen LogP contribution >= 0.6 is 0 Å². The molecule has 18 heavy (non-hydrogen) atoms. The second-order valence-electron chi connectivity index (χ2n) is 4.93. The van der Waals surface area contributed by atoms with Crippen LogP contribution in [0.5, 0.6) is 0 Å². The molecule has 0 aromatic carbocycles. The Morgan fingerprint density at radius 3 is 3.28 bits per heavy atom. The molecular weight excluding hydrogens is 228 g/mol. The van der Waals surface area contributed by atoms with E-state index in [2.05, 4.69) is 22.6 Å². The van der Waals surface area contributed by atoms with Gasteiger partial charge < -0.3 is 10.1 Å². The van der Waals surface area contributed by atoms with E-state index in [0.717, 1.165) is 51.2 Å². The maximum Gasteiger partial charge on any atom is 0.0964 e. The summed E-state index contributed by atoms with van der Waals surface area (Å²) in [4.78, 5) is 0. The highest BCUT2D eigenvalue weighted by atomic mass is 16.5. The number of hydrogen-bond donors (Lipinski definition) is 1. The Bertz CT molecular complexity index is 333. The third-order valence-electron chi connectivity index (χ3n) is 3.26. The molecule has 1 unspecified atom stereocenters. The van der Waals surface area contributed by atoms with Gasteiger partial charge in [-0.3, -0.25) is 4.68 Å². The zero-order valence-corrected chi connectivity index (χ0v) is 11.3. The van der Waals surface area contributed by atoms with E-state index in [0.29, 0.717) is 6.10 Å². The van der Waals surface area contributed by atoms with Gasteiger partial charge in [0.05, 0.1) is 11.8 Å². The minimum Gasteiger partial charge on any atom is -0.378 e. The standard InChI is InChI=1S/C13H24N4O/c1-2-7-14-10-12-11-17(16-15-12)8-3-5-13-6-4-9-18-13/h11,13-14H,2-10H2,1H3. The zero-order chi connectivity index (χ0) is 12.6. The summed E-state index contributed by atoms with van der Waals surface area (Å²) in [5.41, 5.74) is 1.03. The van der Waals surface area contributed by atoms with Crippen LogP contribution in [0, 0.1) is 0 Å². The smallest absolute Gasteiger partial charge is 0.0964 e. The third kappa shape index (κ3) is 4.38. The predicted octanol–water partition coefficient (Wildman–Crippen LogP) is 1.74. The molecule has 1 saturated heterocycles. The first kappa shape index (κ1) is 13.5. The quantitative estimate of drug-likeness (QED) is 0.716. The fourth-order valence-electron chi connectivity index (χ4n) is 2.28. The van der Waals surface area contributed by atoms with Crippen molar-refractivity contribution in [3.05, 3.63) is 11.9 Å². The van der Waals surface area contributed by atoms with E-state index in [1.807, 2.05) is 10.9 Å². The van der Waals surface area contributed by atoms with Crippen molar-refractivity contribution in [2.75, 3.05) is 13.2 Å². The average Bonchev–Trinajstić information content (AvgIpc) is 3.01. The summed E-state index contributed by atoms with van der Waals surface area (Å²) in [7, 11) is 0. The van der Waals surface area contributed by atoms with Gasteiger partial charge in [0.2, 0.25) is 0 Å². The Kier molecular flexibility index (Phi) is 5.61. The molecule has 1 N–H and O–H groups in total. The molecule has 0 radical (unpaired) electrons. The molecule has 0 spiro atoms.